The highest BCUT2D eigenvalue weighted by Gasteiger charge is 2.56. The standard InChI is InChI=1S/C24H31BrClFN4O4S/c1-13-10-30(36(34,35)31(11-13)23-18(25)4-17(26)5-19(23)27)12-21(33)29-22-15-2-14-3-16(22)8-24(6-14,7-15)9-20(28)32/h4-5,13-16,22H,2-3,6-12H2,1H3,(H2,28,32)(H,29,33). The molecule has 36 heavy (non-hydrogen) atoms. The molecular weight excluding hydrogens is 575 g/mol. The van der Waals surface area contributed by atoms with Crippen molar-refractivity contribution >= 4 is 55.2 Å². The molecule has 5 fully saturated rings. The van der Waals surface area contributed by atoms with Crippen LogP contribution in [0.2, 0.25) is 5.02 Å². The van der Waals surface area contributed by atoms with Crippen molar-refractivity contribution in [1.29, 1.82) is 0 Å². The van der Waals surface area contributed by atoms with Gasteiger partial charge in [-0.05, 0) is 89.3 Å². The number of benzene rings is 1. The molecule has 2 amide bonds. The fourth-order valence-electron chi connectivity index (χ4n) is 7.55. The summed E-state index contributed by atoms with van der Waals surface area (Å²) in [5.74, 6) is -0.410. The minimum absolute atomic E-state index is 0.0288. The zero-order valence-corrected chi connectivity index (χ0v) is 23.2. The summed E-state index contributed by atoms with van der Waals surface area (Å²) in [6.07, 6.45) is 5.18. The van der Waals surface area contributed by atoms with E-state index in [1.807, 2.05) is 6.92 Å². The summed E-state index contributed by atoms with van der Waals surface area (Å²) in [7, 11) is -4.15. The summed E-state index contributed by atoms with van der Waals surface area (Å²) in [5, 5.41) is 3.28. The van der Waals surface area contributed by atoms with Crippen molar-refractivity contribution < 1.29 is 22.4 Å². The van der Waals surface area contributed by atoms with E-state index in [0.29, 0.717) is 12.3 Å². The Morgan fingerprint density at radius 3 is 2.50 bits per heavy atom. The number of hydrogen-bond donors (Lipinski definition) is 2. The van der Waals surface area contributed by atoms with Crippen LogP contribution in [0, 0.1) is 34.9 Å². The third-order valence-electron chi connectivity index (χ3n) is 8.43. The normalized spacial score (nSPS) is 35.1. The SMILES string of the molecule is CC1CN(CC(=O)NC2C3CC4CC2CC(CC(N)=O)(C4)C3)S(=O)(=O)N(c2c(F)cc(Cl)cc2Br)C1. The van der Waals surface area contributed by atoms with E-state index in [2.05, 4.69) is 21.2 Å². The van der Waals surface area contributed by atoms with Gasteiger partial charge in [0.25, 0.3) is 0 Å². The zero-order valence-electron chi connectivity index (χ0n) is 20.1. The number of nitrogens with two attached hydrogens (primary N) is 1. The van der Waals surface area contributed by atoms with Gasteiger partial charge in [0.05, 0.1) is 6.54 Å². The molecule has 1 aromatic carbocycles. The van der Waals surface area contributed by atoms with Crippen molar-refractivity contribution in [2.24, 2.45) is 34.8 Å². The molecule has 3 unspecified atom stereocenters. The summed E-state index contributed by atoms with van der Waals surface area (Å²) in [5.41, 5.74) is 5.38. The summed E-state index contributed by atoms with van der Waals surface area (Å²) < 4.78 is 44.1. The molecular formula is C24H31BrClFN4O4S. The number of anilines is 1. The summed E-state index contributed by atoms with van der Waals surface area (Å²) in [6.45, 7) is 1.79. The fourth-order valence-corrected chi connectivity index (χ4v) is 10.5. The second-order valence-corrected chi connectivity index (χ2v) is 14.5. The number of nitrogens with one attached hydrogen (secondary N) is 1. The largest absolute Gasteiger partial charge is 0.370 e. The first-order valence-electron chi connectivity index (χ1n) is 12.4. The van der Waals surface area contributed by atoms with Gasteiger partial charge in [0.2, 0.25) is 11.8 Å². The number of amides is 2. The lowest BCUT2D eigenvalue weighted by atomic mass is 9.47. The number of carbonyl (C=O) groups is 2. The molecule has 5 aliphatic rings. The maximum Gasteiger partial charge on any atom is 0.304 e. The van der Waals surface area contributed by atoms with E-state index in [-0.39, 0.29) is 75.8 Å². The van der Waals surface area contributed by atoms with Crippen LogP contribution in [0.3, 0.4) is 0 Å². The zero-order chi connectivity index (χ0) is 26.0. The highest BCUT2D eigenvalue weighted by molar-refractivity contribution is 9.10. The smallest absolute Gasteiger partial charge is 0.304 e. The predicted octanol–water partition coefficient (Wildman–Crippen LogP) is 3.43. The van der Waals surface area contributed by atoms with Gasteiger partial charge in [-0.25, -0.2) is 4.39 Å². The number of hydrogen-bond acceptors (Lipinski definition) is 4. The number of halogens is 3. The predicted molar refractivity (Wildman–Crippen MR) is 138 cm³/mol. The maximum atomic E-state index is 14.8. The van der Waals surface area contributed by atoms with E-state index in [1.165, 1.54) is 6.07 Å². The minimum Gasteiger partial charge on any atom is -0.370 e. The van der Waals surface area contributed by atoms with Crippen LogP contribution in [0.4, 0.5) is 10.1 Å². The molecule has 4 bridgehead atoms. The molecule has 4 saturated carbocycles. The molecule has 0 radical (unpaired) electrons. The molecule has 12 heteroatoms. The Kier molecular flexibility index (Phi) is 6.83. The van der Waals surface area contributed by atoms with Crippen molar-refractivity contribution in [2.75, 3.05) is 23.9 Å². The molecule has 1 heterocycles. The van der Waals surface area contributed by atoms with Crippen LogP contribution < -0.4 is 15.4 Å². The minimum atomic E-state index is -4.15. The Hall–Kier alpha value is -1.43. The summed E-state index contributed by atoms with van der Waals surface area (Å²) in [6, 6.07) is 2.49. The summed E-state index contributed by atoms with van der Waals surface area (Å²) in [4.78, 5) is 24.9. The molecule has 1 aromatic rings. The Bertz CT molecular complexity index is 1160. The van der Waals surface area contributed by atoms with Crippen LogP contribution in [0.1, 0.15) is 45.4 Å². The molecule has 6 rings (SSSR count). The van der Waals surface area contributed by atoms with Crippen LogP contribution in [-0.2, 0) is 19.8 Å². The average Bonchev–Trinajstić information content (AvgIpc) is 2.72. The number of nitrogens with zero attached hydrogens (tertiary/aromatic N) is 2. The van der Waals surface area contributed by atoms with E-state index in [1.54, 1.807) is 0 Å². The number of carbonyl (C=O) groups excluding carboxylic acids is 2. The van der Waals surface area contributed by atoms with Gasteiger partial charge in [0.1, 0.15) is 11.5 Å². The Morgan fingerprint density at radius 1 is 1.22 bits per heavy atom. The Balaban J connectivity index is 1.31. The third-order valence-corrected chi connectivity index (χ3v) is 11.1. The monoisotopic (exact) mass is 604 g/mol. The van der Waals surface area contributed by atoms with Gasteiger partial charge >= 0.3 is 10.2 Å². The lowest BCUT2D eigenvalue weighted by molar-refractivity contribution is -0.134. The second kappa shape index (κ2) is 9.39. The van der Waals surface area contributed by atoms with Crippen LogP contribution in [0.5, 0.6) is 0 Å². The first kappa shape index (κ1) is 26.2. The molecule has 198 valence electrons. The van der Waals surface area contributed by atoms with Gasteiger partial charge in [-0.3, -0.25) is 13.9 Å². The lowest BCUT2D eigenvalue weighted by Crippen LogP contribution is -2.61. The van der Waals surface area contributed by atoms with E-state index in [9.17, 15) is 22.4 Å². The first-order chi connectivity index (χ1) is 16.9. The molecule has 0 spiro atoms. The third kappa shape index (κ3) is 4.76. The lowest BCUT2D eigenvalue weighted by Gasteiger charge is -2.60. The highest BCUT2D eigenvalue weighted by Crippen LogP contribution is 2.61. The molecule has 0 aromatic heterocycles. The fraction of sp³-hybridized carbons (Fsp3) is 0.667. The van der Waals surface area contributed by atoms with Gasteiger partial charge in [-0.1, -0.05) is 18.5 Å². The Morgan fingerprint density at radius 2 is 1.89 bits per heavy atom. The molecule has 1 saturated heterocycles. The maximum absolute atomic E-state index is 14.8. The van der Waals surface area contributed by atoms with Gasteiger partial charge in [-0.15, -0.1) is 0 Å². The quantitative estimate of drug-likeness (QED) is 0.517. The van der Waals surface area contributed by atoms with Gasteiger partial charge < -0.3 is 11.1 Å². The van der Waals surface area contributed by atoms with Crippen LogP contribution in [-0.4, -0.2) is 50.2 Å². The van der Waals surface area contributed by atoms with E-state index < -0.39 is 16.0 Å². The van der Waals surface area contributed by atoms with Gasteiger partial charge in [0, 0.05) is 35.0 Å². The van der Waals surface area contributed by atoms with Crippen molar-refractivity contribution in [3.8, 4) is 0 Å². The van der Waals surface area contributed by atoms with Crippen molar-refractivity contribution in [2.45, 2.75) is 51.5 Å². The molecule has 3 atom stereocenters. The van der Waals surface area contributed by atoms with Crippen molar-refractivity contribution in [3.63, 3.8) is 0 Å². The Labute approximate surface area is 224 Å². The van der Waals surface area contributed by atoms with E-state index in [0.717, 1.165) is 46.8 Å². The molecule has 4 aliphatic carbocycles. The molecule has 8 nitrogen and oxygen atoms in total. The van der Waals surface area contributed by atoms with Gasteiger partial charge in [0.15, 0.2) is 0 Å². The summed E-state index contributed by atoms with van der Waals surface area (Å²) >= 11 is 9.15. The van der Waals surface area contributed by atoms with Gasteiger partial charge in [-0.2, -0.15) is 12.7 Å². The molecule has 3 N–H and O–H groups in total. The topological polar surface area (TPSA) is 113 Å². The van der Waals surface area contributed by atoms with Crippen LogP contribution in [0.15, 0.2) is 16.6 Å². The number of primary amides is 1. The van der Waals surface area contributed by atoms with Crippen LogP contribution in [0.25, 0.3) is 0 Å². The highest BCUT2D eigenvalue weighted by atomic mass is 79.9. The van der Waals surface area contributed by atoms with Crippen molar-refractivity contribution in [3.05, 3.63) is 27.4 Å². The second-order valence-electron chi connectivity index (χ2n) is 11.4. The molecule has 1 aliphatic heterocycles. The number of rotatable bonds is 6. The average molecular weight is 606 g/mol. The van der Waals surface area contributed by atoms with E-state index >= 15 is 0 Å². The van der Waals surface area contributed by atoms with Crippen molar-refractivity contribution in [1.82, 2.24) is 9.62 Å². The van der Waals surface area contributed by atoms with Crippen LogP contribution >= 0.6 is 27.5 Å². The van der Waals surface area contributed by atoms with E-state index in [4.69, 9.17) is 17.3 Å². The first-order valence-corrected chi connectivity index (χ1v) is 14.9.